The minimum Gasteiger partial charge on any atom is -0.494 e. The van der Waals surface area contributed by atoms with Crippen LogP contribution in [0.4, 0.5) is 0 Å². The fourth-order valence-electron chi connectivity index (χ4n) is 2.30. The Kier molecular flexibility index (Phi) is 4.92. The summed E-state index contributed by atoms with van der Waals surface area (Å²) in [6, 6.07) is 7.61. The van der Waals surface area contributed by atoms with E-state index in [1.54, 1.807) is 11.8 Å². The van der Waals surface area contributed by atoms with Crippen molar-refractivity contribution in [1.82, 2.24) is 0 Å². The van der Waals surface area contributed by atoms with Gasteiger partial charge in [-0.15, -0.1) is 11.8 Å². The molecule has 2 rings (SSSR count). The van der Waals surface area contributed by atoms with Gasteiger partial charge in [0.1, 0.15) is 5.75 Å². The summed E-state index contributed by atoms with van der Waals surface area (Å²) < 4.78 is 5.40. The van der Waals surface area contributed by atoms with Crippen LogP contribution in [0.2, 0.25) is 0 Å². The molecule has 1 aromatic rings. The number of ether oxygens (including phenoxy) is 1. The Morgan fingerprint density at radius 3 is 2.68 bits per heavy atom. The number of hydrogen-bond acceptors (Lipinski definition) is 3. The van der Waals surface area contributed by atoms with E-state index in [4.69, 9.17) is 4.74 Å². The quantitative estimate of drug-likeness (QED) is 0.572. The molecule has 0 radical (unpaired) electrons. The van der Waals surface area contributed by atoms with Crippen LogP contribution < -0.4 is 4.74 Å². The molecule has 1 atom stereocenters. The van der Waals surface area contributed by atoms with E-state index in [1.807, 2.05) is 24.3 Å². The summed E-state index contributed by atoms with van der Waals surface area (Å²) in [4.78, 5) is 12.5. The van der Waals surface area contributed by atoms with Crippen LogP contribution in [0.5, 0.6) is 5.75 Å². The van der Waals surface area contributed by atoms with Gasteiger partial charge in [-0.1, -0.05) is 13.3 Å². The second-order valence-electron chi connectivity index (χ2n) is 5.24. The van der Waals surface area contributed by atoms with Gasteiger partial charge in [0.15, 0.2) is 5.78 Å². The molecule has 0 saturated carbocycles. The van der Waals surface area contributed by atoms with E-state index in [9.17, 15) is 4.79 Å². The average molecular weight is 278 g/mol. The van der Waals surface area contributed by atoms with Crippen molar-refractivity contribution in [2.45, 2.75) is 44.3 Å². The van der Waals surface area contributed by atoms with Gasteiger partial charge in [-0.25, -0.2) is 0 Å². The van der Waals surface area contributed by atoms with Gasteiger partial charge in [0.25, 0.3) is 0 Å². The highest BCUT2D eigenvalue weighted by Gasteiger charge is 2.37. The van der Waals surface area contributed by atoms with E-state index >= 15 is 0 Å². The van der Waals surface area contributed by atoms with Gasteiger partial charge in [-0.2, -0.15) is 0 Å². The Balaban J connectivity index is 1.99. The van der Waals surface area contributed by atoms with Gasteiger partial charge < -0.3 is 4.74 Å². The first-order valence-electron chi connectivity index (χ1n) is 7.07. The van der Waals surface area contributed by atoms with E-state index in [0.717, 1.165) is 49.4 Å². The van der Waals surface area contributed by atoms with Crippen molar-refractivity contribution in [2.24, 2.45) is 0 Å². The molecule has 1 unspecified atom stereocenters. The van der Waals surface area contributed by atoms with E-state index < -0.39 is 0 Å². The van der Waals surface area contributed by atoms with Crippen LogP contribution in [0.15, 0.2) is 24.3 Å². The molecule has 1 aliphatic rings. The Labute approximate surface area is 119 Å². The zero-order valence-corrected chi connectivity index (χ0v) is 12.6. The second kappa shape index (κ2) is 6.47. The van der Waals surface area contributed by atoms with E-state index in [-0.39, 0.29) is 10.5 Å². The third-order valence-electron chi connectivity index (χ3n) is 3.58. The number of unbranched alkanes of at least 4 members (excludes halogenated alkanes) is 1. The topological polar surface area (TPSA) is 26.3 Å². The van der Waals surface area contributed by atoms with Gasteiger partial charge in [-0.3, -0.25) is 4.79 Å². The summed E-state index contributed by atoms with van der Waals surface area (Å²) in [6.07, 6.45) is 4.33. The molecule has 0 amide bonds. The lowest BCUT2D eigenvalue weighted by atomic mass is 9.95. The largest absolute Gasteiger partial charge is 0.494 e. The van der Waals surface area contributed by atoms with Crippen molar-refractivity contribution < 1.29 is 9.53 Å². The second-order valence-corrected chi connectivity index (χ2v) is 6.84. The molecular formula is C16H22O2S. The SMILES string of the molecule is CCCCOc1ccc(C(=O)C2(C)CCCS2)cc1. The summed E-state index contributed by atoms with van der Waals surface area (Å²) in [5, 5.41) is 0. The van der Waals surface area contributed by atoms with Crippen LogP contribution in [0.1, 0.15) is 49.9 Å². The first-order chi connectivity index (χ1) is 9.15. The lowest BCUT2D eigenvalue weighted by Crippen LogP contribution is -2.28. The molecule has 1 heterocycles. The highest BCUT2D eigenvalue weighted by molar-refractivity contribution is 8.01. The average Bonchev–Trinajstić information content (AvgIpc) is 2.87. The number of carbonyl (C=O) groups excluding carboxylic acids is 1. The number of hydrogen-bond donors (Lipinski definition) is 0. The van der Waals surface area contributed by atoms with Crippen LogP contribution in [-0.4, -0.2) is 22.9 Å². The summed E-state index contributed by atoms with van der Waals surface area (Å²) in [5.41, 5.74) is 0.805. The maximum atomic E-state index is 12.5. The number of benzene rings is 1. The molecule has 0 bridgehead atoms. The van der Waals surface area contributed by atoms with Crippen molar-refractivity contribution >= 4 is 17.5 Å². The number of Topliss-reactive ketones (excluding diaryl/α,β-unsaturated/α-hetero) is 1. The Hall–Kier alpha value is -0.960. The minimum absolute atomic E-state index is 0.218. The minimum atomic E-state index is -0.218. The van der Waals surface area contributed by atoms with Crippen LogP contribution in [0.3, 0.4) is 0 Å². The van der Waals surface area contributed by atoms with Gasteiger partial charge in [-0.05, 0) is 56.2 Å². The number of rotatable bonds is 6. The molecule has 0 aromatic heterocycles. The molecular weight excluding hydrogens is 256 g/mol. The van der Waals surface area contributed by atoms with E-state index in [0.29, 0.717) is 0 Å². The molecule has 3 heteroatoms. The fourth-order valence-corrected chi connectivity index (χ4v) is 3.58. The molecule has 0 N–H and O–H groups in total. The molecule has 1 fully saturated rings. The molecule has 1 aromatic carbocycles. The van der Waals surface area contributed by atoms with Crippen LogP contribution in [-0.2, 0) is 0 Å². The molecule has 0 spiro atoms. The summed E-state index contributed by atoms with van der Waals surface area (Å²) in [6.45, 7) is 4.96. The van der Waals surface area contributed by atoms with Crippen molar-refractivity contribution in [3.63, 3.8) is 0 Å². The molecule has 2 nitrogen and oxygen atoms in total. The van der Waals surface area contributed by atoms with Gasteiger partial charge >= 0.3 is 0 Å². The lowest BCUT2D eigenvalue weighted by Gasteiger charge is -2.20. The van der Waals surface area contributed by atoms with E-state index in [1.165, 1.54) is 0 Å². The molecule has 1 saturated heterocycles. The highest BCUT2D eigenvalue weighted by Crippen LogP contribution is 2.40. The predicted octanol–water partition coefficient (Wildman–Crippen LogP) is 4.33. The van der Waals surface area contributed by atoms with Gasteiger partial charge in [0.05, 0.1) is 11.4 Å². The summed E-state index contributed by atoms with van der Waals surface area (Å²) in [5.74, 6) is 2.21. The zero-order chi connectivity index (χ0) is 13.7. The summed E-state index contributed by atoms with van der Waals surface area (Å²) >= 11 is 1.79. The van der Waals surface area contributed by atoms with Crippen LogP contribution >= 0.6 is 11.8 Å². The van der Waals surface area contributed by atoms with Crippen molar-refractivity contribution in [1.29, 1.82) is 0 Å². The van der Waals surface area contributed by atoms with Gasteiger partial charge in [0, 0.05) is 5.56 Å². The van der Waals surface area contributed by atoms with E-state index in [2.05, 4.69) is 13.8 Å². The lowest BCUT2D eigenvalue weighted by molar-refractivity contribution is 0.0949. The third kappa shape index (κ3) is 3.53. The monoisotopic (exact) mass is 278 g/mol. The highest BCUT2D eigenvalue weighted by atomic mass is 32.2. The fraction of sp³-hybridized carbons (Fsp3) is 0.562. The third-order valence-corrected chi connectivity index (χ3v) is 5.10. The van der Waals surface area contributed by atoms with Crippen LogP contribution in [0.25, 0.3) is 0 Å². The standard InChI is InChI=1S/C16H22O2S/c1-3-4-11-18-14-8-6-13(7-9-14)15(17)16(2)10-5-12-19-16/h6-9H,3-5,10-12H2,1-2H3. The maximum Gasteiger partial charge on any atom is 0.178 e. The first-order valence-corrected chi connectivity index (χ1v) is 8.06. The normalized spacial score (nSPS) is 22.4. The Morgan fingerprint density at radius 2 is 2.11 bits per heavy atom. The molecule has 1 aliphatic heterocycles. The molecule has 104 valence electrons. The smallest absolute Gasteiger partial charge is 0.178 e. The maximum absolute atomic E-state index is 12.5. The molecule has 19 heavy (non-hydrogen) atoms. The van der Waals surface area contributed by atoms with Crippen molar-refractivity contribution in [3.8, 4) is 5.75 Å². The zero-order valence-electron chi connectivity index (χ0n) is 11.8. The number of carbonyl (C=O) groups is 1. The first kappa shape index (κ1) is 14.4. The Bertz CT molecular complexity index is 419. The van der Waals surface area contributed by atoms with Gasteiger partial charge in [0.2, 0.25) is 0 Å². The summed E-state index contributed by atoms with van der Waals surface area (Å²) in [7, 11) is 0. The predicted molar refractivity (Wildman–Crippen MR) is 81.3 cm³/mol. The van der Waals surface area contributed by atoms with Crippen molar-refractivity contribution in [3.05, 3.63) is 29.8 Å². The number of ketones is 1. The van der Waals surface area contributed by atoms with Crippen LogP contribution in [0, 0.1) is 0 Å². The Morgan fingerprint density at radius 1 is 1.37 bits per heavy atom. The van der Waals surface area contributed by atoms with Crippen molar-refractivity contribution in [2.75, 3.05) is 12.4 Å². The number of thioether (sulfide) groups is 1. The molecule has 0 aliphatic carbocycles.